The van der Waals surface area contributed by atoms with E-state index in [0.29, 0.717) is 17.9 Å². The Labute approximate surface area is 101 Å². The molecule has 0 unspecified atom stereocenters. The van der Waals surface area contributed by atoms with Crippen LogP contribution in [0.15, 0.2) is 0 Å². The summed E-state index contributed by atoms with van der Waals surface area (Å²) in [6.07, 6.45) is 1.10. The maximum Gasteiger partial charge on any atom is 0.0631 e. The fraction of sp³-hybridized carbons (Fsp3) is 0.692. The highest BCUT2D eigenvalue weighted by Gasteiger charge is 2.63. The van der Waals surface area contributed by atoms with Gasteiger partial charge < -0.3 is 9.90 Å². The lowest BCUT2D eigenvalue weighted by Crippen LogP contribution is -2.24. The number of aryl methyl sites for hydroxylation is 2. The predicted molar refractivity (Wildman–Crippen MR) is 60.3 cm³/mol. The monoisotopic (exact) mass is 233 g/mol. The molecule has 2 aliphatic rings. The molecule has 2 aliphatic carbocycles. The van der Waals surface area contributed by atoms with Gasteiger partial charge in [-0.25, -0.2) is 0 Å². The summed E-state index contributed by atoms with van der Waals surface area (Å²) < 4.78 is 1.88. The zero-order chi connectivity index (χ0) is 12.4. The smallest absolute Gasteiger partial charge is 0.0631 e. The van der Waals surface area contributed by atoms with Gasteiger partial charge in [-0.05, 0) is 30.6 Å². The Morgan fingerprint density at radius 1 is 1.59 bits per heavy atom. The van der Waals surface area contributed by atoms with Gasteiger partial charge in [-0.15, -0.1) is 0 Å². The molecule has 2 atom stereocenters. The minimum Gasteiger partial charge on any atom is -0.550 e. The van der Waals surface area contributed by atoms with Crippen LogP contribution in [0.1, 0.15) is 43.1 Å². The summed E-state index contributed by atoms with van der Waals surface area (Å²) in [4.78, 5) is 10.5. The minimum absolute atomic E-state index is 0.0479. The highest BCUT2D eigenvalue weighted by Crippen LogP contribution is 2.70. The van der Waals surface area contributed by atoms with Gasteiger partial charge in [0, 0.05) is 30.2 Å². The number of hydrogen-bond donors (Lipinski definition) is 0. The van der Waals surface area contributed by atoms with Gasteiger partial charge in [0.2, 0.25) is 0 Å². The standard InChI is InChI=1S/C13H18N2O2/c1-7-11-9(6-8-12(11)13(8,2)3)15(14-7)5-4-10(16)17/h8,12H,4-6H2,1-3H3,(H,16,17)/p-1/t8-,12-/m0/s1. The Morgan fingerprint density at radius 2 is 2.29 bits per heavy atom. The van der Waals surface area contributed by atoms with Gasteiger partial charge in [-0.1, -0.05) is 13.8 Å². The van der Waals surface area contributed by atoms with Crippen LogP contribution in [0, 0.1) is 18.3 Å². The SMILES string of the molecule is Cc1nn(CCC(=O)[O-])c2c1[C@@H]1[C@H](C2)C1(C)C. The second kappa shape index (κ2) is 3.12. The van der Waals surface area contributed by atoms with Crippen molar-refractivity contribution < 1.29 is 9.90 Å². The molecule has 0 aromatic carbocycles. The third-order valence-corrected chi connectivity index (χ3v) is 4.59. The number of carboxylic acid groups (broad SMARTS) is 1. The number of rotatable bonds is 3. The van der Waals surface area contributed by atoms with Crippen LogP contribution in [0.2, 0.25) is 0 Å². The van der Waals surface area contributed by atoms with E-state index in [1.807, 2.05) is 11.6 Å². The molecule has 17 heavy (non-hydrogen) atoms. The van der Waals surface area contributed by atoms with Crippen LogP contribution >= 0.6 is 0 Å². The minimum atomic E-state index is -1.00. The van der Waals surface area contributed by atoms with E-state index in [9.17, 15) is 9.90 Å². The highest BCUT2D eigenvalue weighted by atomic mass is 16.4. The molecule has 0 amide bonds. The zero-order valence-corrected chi connectivity index (χ0v) is 10.5. The van der Waals surface area contributed by atoms with Crippen molar-refractivity contribution in [3.63, 3.8) is 0 Å². The van der Waals surface area contributed by atoms with Gasteiger partial charge in [0.05, 0.1) is 5.69 Å². The van der Waals surface area contributed by atoms with Crippen molar-refractivity contribution in [1.29, 1.82) is 0 Å². The third kappa shape index (κ3) is 1.36. The summed E-state index contributed by atoms with van der Waals surface area (Å²) in [6.45, 7) is 7.09. The quantitative estimate of drug-likeness (QED) is 0.769. The molecule has 0 saturated heterocycles. The van der Waals surface area contributed by atoms with Crippen molar-refractivity contribution in [2.24, 2.45) is 11.3 Å². The lowest BCUT2D eigenvalue weighted by molar-refractivity contribution is -0.306. The van der Waals surface area contributed by atoms with Crippen molar-refractivity contribution >= 4 is 5.97 Å². The first-order valence-electron chi connectivity index (χ1n) is 6.19. The fourth-order valence-corrected chi connectivity index (χ4v) is 3.55. The Kier molecular flexibility index (Phi) is 1.98. The molecule has 4 heteroatoms. The Hall–Kier alpha value is -1.32. The van der Waals surface area contributed by atoms with Crippen LogP contribution in [0.25, 0.3) is 0 Å². The van der Waals surface area contributed by atoms with Crippen molar-refractivity contribution in [2.45, 2.75) is 46.1 Å². The van der Waals surface area contributed by atoms with Crippen LogP contribution in [0.4, 0.5) is 0 Å². The van der Waals surface area contributed by atoms with E-state index < -0.39 is 5.97 Å². The molecule has 0 spiro atoms. The average molecular weight is 233 g/mol. The summed E-state index contributed by atoms with van der Waals surface area (Å²) in [7, 11) is 0. The van der Waals surface area contributed by atoms with Gasteiger partial charge in [-0.2, -0.15) is 5.10 Å². The maximum atomic E-state index is 10.5. The zero-order valence-electron chi connectivity index (χ0n) is 10.5. The number of carbonyl (C=O) groups excluding carboxylic acids is 1. The molecule has 1 fully saturated rings. The molecule has 0 N–H and O–H groups in total. The topological polar surface area (TPSA) is 58.0 Å². The molecule has 4 nitrogen and oxygen atoms in total. The van der Waals surface area contributed by atoms with Crippen molar-refractivity contribution in [3.8, 4) is 0 Å². The molecule has 92 valence electrons. The number of fused-ring (bicyclic) bond motifs is 3. The molecule has 1 heterocycles. The second-order valence-electron chi connectivity index (χ2n) is 5.90. The first-order chi connectivity index (χ1) is 7.93. The molecule has 0 radical (unpaired) electrons. The number of nitrogens with zero attached hydrogens (tertiary/aromatic N) is 2. The first-order valence-corrected chi connectivity index (χ1v) is 6.19. The molecule has 0 aliphatic heterocycles. The second-order valence-corrected chi connectivity index (χ2v) is 5.90. The van der Waals surface area contributed by atoms with Crippen LogP contribution in [0.5, 0.6) is 0 Å². The van der Waals surface area contributed by atoms with Crippen molar-refractivity contribution in [2.75, 3.05) is 0 Å². The summed E-state index contributed by atoms with van der Waals surface area (Å²) in [5.74, 6) is 0.382. The van der Waals surface area contributed by atoms with E-state index >= 15 is 0 Å². The number of aliphatic carboxylic acids is 1. The van der Waals surface area contributed by atoms with Crippen molar-refractivity contribution in [1.82, 2.24) is 9.78 Å². The third-order valence-electron chi connectivity index (χ3n) is 4.59. The fourth-order valence-electron chi connectivity index (χ4n) is 3.55. The Balaban J connectivity index is 1.89. The lowest BCUT2D eigenvalue weighted by atomic mass is 9.98. The lowest BCUT2D eigenvalue weighted by Gasteiger charge is -2.11. The van der Waals surface area contributed by atoms with Gasteiger partial charge in [0.25, 0.3) is 0 Å². The molecule has 0 bridgehead atoms. The van der Waals surface area contributed by atoms with Crippen molar-refractivity contribution in [3.05, 3.63) is 17.0 Å². The summed E-state index contributed by atoms with van der Waals surface area (Å²) in [6, 6.07) is 0. The van der Waals surface area contributed by atoms with E-state index in [0.717, 1.165) is 18.0 Å². The van der Waals surface area contributed by atoms with E-state index in [4.69, 9.17) is 0 Å². The van der Waals surface area contributed by atoms with Crippen LogP contribution < -0.4 is 5.11 Å². The summed E-state index contributed by atoms with van der Waals surface area (Å²) in [5.41, 5.74) is 4.15. The molecular weight excluding hydrogens is 216 g/mol. The van der Waals surface area contributed by atoms with Gasteiger partial charge in [0.1, 0.15) is 0 Å². The van der Waals surface area contributed by atoms with E-state index in [-0.39, 0.29) is 6.42 Å². The number of aromatic nitrogens is 2. The Morgan fingerprint density at radius 3 is 2.94 bits per heavy atom. The summed E-state index contributed by atoms with van der Waals surface area (Å²) >= 11 is 0. The van der Waals surface area contributed by atoms with Gasteiger partial charge in [0.15, 0.2) is 0 Å². The summed E-state index contributed by atoms with van der Waals surface area (Å²) in [5, 5.41) is 15.0. The maximum absolute atomic E-state index is 10.5. The molecule has 1 aromatic heterocycles. The first kappa shape index (κ1) is 10.8. The van der Waals surface area contributed by atoms with Crippen LogP contribution in [0.3, 0.4) is 0 Å². The molecule has 3 rings (SSSR count). The van der Waals surface area contributed by atoms with E-state index in [2.05, 4.69) is 18.9 Å². The average Bonchev–Trinajstić information content (AvgIpc) is 2.63. The molecule has 1 saturated carbocycles. The number of hydrogen-bond acceptors (Lipinski definition) is 3. The van der Waals surface area contributed by atoms with Gasteiger partial charge in [-0.3, -0.25) is 4.68 Å². The predicted octanol–water partition coefficient (Wildman–Crippen LogP) is 0.627. The normalized spacial score (nSPS) is 27.7. The Bertz CT molecular complexity index is 502. The number of carbonyl (C=O) groups is 1. The molecular formula is C13H17N2O2-. The number of carboxylic acids is 1. The van der Waals surface area contributed by atoms with E-state index in [1.54, 1.807) is 0 Å². The van der Waals surface area contributed by atoms with Crippen LogP contribution in [-0.2, 0) is 17.8 Å². The largest absolute Gasteiger partial charge is 0.550 e. The molecule has 1 aromatic rings. The van der Waals surface area contributed by atoms with E-state index in [1.165, 1.54) is 11.3 Å². The van der Waals surface area contributed by atoms with Crippen LogP contribution in [-0.4, -0.2) is 15.7 Å². The van der Waals surface area contributed by atoms with Gasteiger partial charge >= 0.3 is 0 Å². The highest BCUT2D eigenvalue weighted by molar-refractivity contribution is 5.64.